The Morgan fingerprint density at radius 2 is 2.00 bits per heavy atom. The quantitative estimate of drug-likeness (QED) is 0.461. The number of aliphatic hydroxyl groups is 1. The molecule has 0 saturated carbocycles. The van der Waals surface area contributed by atoms with Crippen molar-refractivity contribution >= 4 is 28.2 Å². The van der Waals surface area contributed by atoms with E-state index >= 15 is 0 Å². The van der Waals surface area contributed by atoms with Gasteiger partial charge in [0.05, 0.1) is 23.3 Å². The minimum atomic E-state index is -1.29. The molecule has 5 rings (SSSR count). The van der Waals surface area contributed by atoms with E-state index in [0.717, 1.165) is 11.2 Å². The molecule has 4 aromatic heterocycles. The maximum Gasteiger partial charge on any atom is 0.279 e. The molecule has 0 unspecified atom stereocenters. The molecular weight excluding hydrogens is 420 g/mol. The summed E-state index contributed by atoms with van der Waals surface area (Å²) in [7, 11) is 0. The Balaban J connectivity index is 1.80. The second kappa shape index (κ2) is 7.00. The van der Waals surface area contributed by atoms with Crippen molar-refractivity contribution in [2.24, 2.45) is 0 Å². The highest BCUT2D eigenvalue weighted by Gasteiger charge is 2.26. The van der Waals surface area contributed by atoms with E-state index in [4.69, 9.17) is 16.1 Å². The Labute approximate surface area is 180 Å². The molecular formula is C21H17ClN6O3. The zero-order valence-corrected chi connectivity index (χ0v) is 17.4. The molecule has 9 nitrogen and oxygen atoms in total. The summed E-state index contributed by atoms with van der Waals surface area (Å²) in [6.07, 6.45) is 3.20. The lowest BCUT2D eigenvalue weighted by atomic mass is 10.1. The van der Waals surface area contributed by atoms with Crippen molar-refractivity contribution in [2.75, 3.05) is 0 Å². The average Bonchev–Trinajstić information content (AvgIpc) is 3.39. The molecule has 0 spiro atoms. The van der Waals surface area contributed by atoms with Crippen molar-refractivity contribution in [1.82, 2.24) is 29.1 Å². The summed E-state index contributed by atoms with van der Waals surface area (Å²) >= 11 is 6.23. The Kier molecular flexibility index (Phi) is 4.38. The van der Waals surface area contributed by atoms with Gasteiger partial charge in [0.1, 0.15) is 17.4 Å². The summed E-state index contributed by atoms with van der Waals surface area (Å²) in [5, 5.41) is 14.5. The first-order chi connectivity index (χ1) is 14.8. The topological polar surface area (TPSA) is 111 Å². The molecule has 10 heteroatoms. The second-order valence-electron chi connectivity index (χ2n) is 7.64. The third kappa shape index (κ3) is 3.28. The molecule has 0 saturated heterocycles. The number of hydrogen-bond donors (Lipinski definition) is 1. The van der Waals surface area contributed by atoms with Crippen LogP contribution < -0.4 is 5.56 Å². The smallest absolute Gasteiger partial charge is 0.279 e. The molecule has 156 valence electrons. The van der Waals surface area contributed by atoms with Crippen LogP contribution in [0.4, 0.5) is 0 Å². The number of imidazole rings is 1. The van der Waals surface area contributed by atoms with Crippen LogP contribution in [0.15, 0.2) is 58.2 Å². The zero-order valence-electron chi connectivity index (χ0n) is 16.7. The normalized spacial score (nSPS) is 12.1. The van der Waals surface area contributed by atoms with Crippen molar-refractivity contribution in [1.29, 1.82) is 0 Å². The van der Waals surface area contributed by atoms with Crippen molar-refractivity contribution in [2.45, 2.75) is 26.0 Å². The van der Waals surface area contributed by atoms with Crippen molar-refractivity contribution in [3.05, 3.63) is 75.8 Å². The van der Waals surface area contributed by atoms with E-state index in [1.165, 1.54) is 6.33 Å². The molecule has 1 aromatic carbocycles. The fourth-order valence-electron chi connectivity index (χ4n) is 3.42. The van der Waals surface area contributed by atoms with Crippen molar-refractivity contribution in [3.63, 3.8) is 0 Å². The largest absolute Gasteiger partial charge is 0.382 e. The average molecular weight is 437 g/mol. The fourth-order valence-corrected chi connectivity index (χ4v) is 3.59. The van der Waals surface area contributed by atoms with Crippen LogP contribution in [0.2, 0.25) is 5.02 Å². The number of nitrogens with zero attached hydrogens (tertiary/aromatic N) is 6. The van der Waals surface area contributed by atoms with Gasteiger partial charge in [0.25, 0.3) is 11.4 Å². The summed E-state index contributed by atoms with van der Waals surface area (Å²) in [6, 6.07) is 10.8. The minimum absolute atomic E-state index is 0.0504. The first-order valence-electron chi connectivity index (χ1n) is 9.49. The summed E-state index contributed by atoms with van der Waals surface area (Å²) < 4.78 is 8.58. The monoisotopic (exact) mass is 436 g/mol. The zero-order chi connectivity index (χ0) is 21.8. The van der Waals surface area contributed by atoms with E-state index < -0.39 is 5.60 Å². The van der Waals surface area contributed by atoms with Crippen LogP contribution in [0.1, 0.15) is 25.4 Å². The van der Waals surface area contributed by atoms with Crippen LogP contribution >= 0.6 is 11.6 Å². The predicted octanol–water partition coefficient (Wildman–Crippen LogP) is 3.02. The third-order valence-corrected chi connectivity index (χ3v) is 5.16. The Morgan fingerprint density at radius 3 is 2.71 bits per heavy atom. The molecule has 0 aliphatic rings. The van der Waals surface area contributed by atoms with E-state index in [0.29, 0.717) is 10.5 Å². The lowest BCUT2D eigenvalue weighted by Gasteiger charge is -2.12. The lowest BCUT2D eigenvalue weighted by Crippen LogP contribution is -2.24. The van der Waals surface area contributed by atoms with E-state index in [-0.39, 0.29) is 35.0 Å². The number of fused-ring (bicyclic) bond motifs is 3. The fraction of sp³-hybridized carbons (Fsp3) is 0.190. The van der Waals surface area contributed by atoms with Gasteiger partial charge in [-0.25, -0.2) is 4.98 Å². The molecule has 31 heavy (non-hydrogen) atoms. The van der Waals surface area contributed by atoms with E-state index in [1.807, 2.05) is 24.3 Å². The highest BCUT2D eigenvalue weighted by molar-refractivity contribution is 6.31. The van der Waals surface area contributed by atoms with Gasteiger partial charge in [-0.3, -0.25) is 18.7 Å². The van der Waals surface area contributed by atoms with Crippen LogP contribution in [-0.4, -0.2) is 34.2 Å². The standard InChI is InChI=1S/C21H17ClN6O3/c1-21(2,30)20-25-18(31-26-20)16-17-19(29)27(10-13-5-3-4-8-23-13)15-9-12(22)6-7-14(15)28(17)11-24-16/h3-9,11,30H,10H2,1-2H3. The maximum atomic E-state index is 13.6. The first-order valence-corrected chi connectivity index (χ1v) is 9.86. The molecule has 4 heterocycles. The molecule has 0 bridgehead atoms. The number of aromatic nitrogens is 6. The van der Waals surface area contributed by atoms with Crippen LogP contribution in [0.5, 0.6) is 0 Å². The molecule has 0 aliphatic heterocycles. The summed E-state index contributed by atoms with van der Waals surface area (Å²) in [5.41, 5.74) is 1.00. The van der Waals surface area contributed by atoms with Crippen LogP contribution in [0.25, 0.3) is 28.1 Å². The lowest BCUT2D eigenvalue weighted by molar-refractivity contribution is 0.0661. The summed E-state index contributed by atoms with van der Waals surface area (Å²) in [6.45, 7) is 3.34. The molecule has 0 aliphatic carbocycles. The molecule has 0 fully saturated rings. The first kappa shape index (κ1) is 19.4. The van der Waals surface area contributed by atoms with Crippen molar-refractivity contribution in [3.8, 4) is 11.6 Å². The minimum Gasteiger partial charge on any atom is -0.382 e. The van der Waals surface area contributed by atoms with Gasteiger partial charge in [-0.05, 0) is 44.2 Å². The molecule has 0 amide bonds. The number of benzene rings is 1. The van der Waals surface area contributed by atoms with Crippen LogP contribution in [0, 0.1) is 0 Å². The Morgan fingerprint density at radius 1 is 1.16 bits per heavy atom. The Hall–Kier alpha value is -3.56. The molecule has 5 aromatic rings. The highest BCUT2D eigenvalue weighted by Crippen LogP contribution is 2.26. The van der Waals surface area contributed by atoms with Gasteiger partial charge < -0.3 is 9.63 Å². The van der Waals surface area contributed by atoms with E-state index in [2.05, 4.69) is 20.1 Å². The third-order valence-electron chi connectivity index (χ3n) is 4.93. The molecule has 1 N–H and O–H groups in total. The van der Waals surface area contributed by atoms with E-state index in [1.54, 1.807) is 41.1 Å². The van der Waals surface area contributed by atoms with Gasteiger partial charge >= 0.3 is 0 Å². The van der Waals surface area contributed by atoms with Gasteiger partial charge in [-0.1, -0.05) is 22.8 Å². The number of rotatable bonds is 4. The second-order valence-corrected chi connectivity index (χ2v) is 8.08. The predicted molar refractivity (Wildman–Crippen MR) is 114 cm³/mol. The van der Waals surface area contributed by atoms with Gasteiger partial charge in [0.2, 0.25) is 5.82 Å². The van der Waals surface area contributed by atoms with Crippen molar-refractivity contribution < 1.29 is 9.63 Å². The molecule has 0 atom stereocenters. The van der Waals surface area contributed by atoms with Gasteiger partial charge in [0, 0.05) is 11.2 Å². The summed E-state index contributed by atoms with van der Waals surface area (Å²) in [4.78, 5) is 26.6. The maximum absolute atomic E-state index is 13.6. The van der Waals surface area contributed by atoms with Crippen LogP contribution in [0.3, 0.4) is 0 Å². The van der Waals surface area contributed by atoms with Gasteiger partial charge in [-0.2, -0.15) is 4.98 Å². The highest BCUT2D eigenvalue weighted by atomic mass is 35.5. The number of halogens is 1. The van der Waals surface area contributed by atoms with Crippen LogP contribution in [-0.2, 0) is 12.1 Å². The van der Waals surface area contributed by atoms with Gasteiger partial charge in [0.15, 0.2) is 5.69 Å². The number of pyridine rings is 1. The van der Waals surface area contributed by atoms with Gasteiger partial charge in [-0.15, -0.1) is 0 Å². The number of hydrogen-bond acceptors (Lipinski definition) is 7. The van der Waals surface area contributed by atoms with E-state index in [9.17, 15) is 9.90 Å². The summed E-state index contributed by atoms with van der Waals surface area (Å²) in [5.74, 6) is 0.152. The Bertz CT molecular complexity index is 1480. The molecule has 0 radical (unpaired) electrons. The SMILES string of the molecule is CC(C)(O)c1noc(-c2ncn3c2c(=O)n(Cc2ccccn2)c2cc(Cl)ccc23)n1.